The molecule has 19 heavy (non-hydrogen) atoms. The third-order valence-corrected chi connectivity index (χ3v) is 3.76. The fraction of sp³-hybridized carbons (Fsp3) is 0.294. The summed E-state index contributed by atoms with van der Waals surface area (Å²) in [5.41, 5.74) is 19.4. The molecule has 0 aliphatic carbocycles. The van der Waals surface area contributed by atoms with Crippen molar-refractivity contribution in [1.82, 2.24) is 0 Å². The molecule has 0 aliphatic rings. The van der Waals surface area contributed by atoms with Gasteiger partial charge in [-0.2, -0.15) is 0 Å². The molecule has 2 aromatic carbocycles. The molecule has 0 radical (unpaired) electrons. The molecule has 0 fully saturated rings. The van der Waals surface area contributed by atoms with Crippen LogP contribution < -0.4 is 11.5 Å². The lowest BCUT2D eigenvalue weighted by Crippen LogP contribution is -2.14. The van der Waals surface area contributed by atoms with Crippen molar-refractivity contribution in [2.45, 2.75) is 33.4 Å². The zero-order valence-corrected chi connectivity index (χ0v) is 11.9. The van der Waals surface area contributed by atoms with Gasteiger partial charge in [-0.25, -0.2) is 0 Å². The molecular formula is C17H22N2. The standard InChI is InChI=1S/C17H22N2/c1-11-7-13(3)16(8-12(11)2)17(19)15-6-4-5-14(9-15)10-18/h4-9,17H,10,18-19H2,1-3H3. The summed E-state index contributed by atoms with van der Waals surface area (Å²) < 4.78 is 0. The highest BCUT2D eigenvalue weighted by atomic mass is 14.6. The molecule has 2 heteroatoms. The van der Waals surface area contributed by atoms with E-state index < -0.39 is 0 Å². The molecular weight excluding hydrogens is 232 g/mol. The van der Waals surface area contributed by atoms with Gasteiger partial charge in [-0.15, -0.1) is 0 Å². The van der Waals surface area contributed by atoms with E-state index in [4.69, 9.17) is 11.5 Å². The van der Waals surface area contributed by atoms with Gasteiger partial charge in [0.05, 0.1) is 6.04 Å². The van der Waals surface area contributed by atoms with Crippen molar-refractivity contribution < 1.29 is 0 Å². The van der Waals surface area contributed by atoms with Crippen molar-refractivity contribution in [3.63, 3.8) is 0 Å². The van der Waals surface area contributed by atoms with Crippen molar-refractivity contribution in [3.8, 4) is 0 Å². The number of benzene rings is 2. The Bertz CT molecular complexity index is 588. The van der Waals surface area contributed by atoms with Crippen LogP contribution in [0.2, 0.25) is 0 Å². The molecule has 0 spiro atoms. The van der Waals surface area contributed by atoms with Crippen LogP contribution in [0.5, 0.6) is 0 Å². The van der Waals surface area contributed by atoms with Crippen LogP contribution in [0, 0.1) is 20.8 Å². The lowest BCUT2D eigenvalue weighted by molar-refractivity contribution is 0.854. The van der Waals surface area contributed by atoms with Gasteiger partial charge in [0.1, 0.15) is 0 Å². The summed E-state index contributed by atoms with van der Waals surface area (Å²) in [6, 6.07) is 12.5. The van der Waals surface area contributed by atoms with Gasteiger partial charge in [0, 0.05) is 6.54 Å². The molecule has 0 bridgehead atoms. The maximum absolute atomic E-state index is 6.42. The quantitative estimate of drug-likeness (QED) is 0.884. The lowest BCUT2D eigenvalue weighted by atomic mass is 9.91. The fourth-order valence-corrected chi connectivity index (χ4v) is 2.41. The SMILES string of the molecule is Cc1cc(C)c(C(N)c2cccc(CN)c2)cc1C. The second-order valence-electron chi connectivity index (χ2n) is 5.22. The van der Waals surface area contributed by atoms with E-state index in [1.54, 1.807) is 0 Å². The Kier molecular flexibility index (Phi) is 4.03. The van der Waals surface area contributed by atoms with E-state index in [1.807, 2.05) is 12.1 Å². The molecule has 0 amide bonds. The molecule has 0 saturated carbocycles. The Morgan fingerprint density at radius 1 is 0.947 bits per heavy atom. The van der Waals surface area contributed by atoms with Crippen LogP contribution in [0.1, 0.15) is 39.4 Å². The minimum absolute atomic E-state index is 0.0919. The first kappa shape index (κ1) is 13.8. The van der Waals surface area contributed by atoms with Crippen LogP contribution in [-0.4, -0.2) is 0 Å². The van der Waals surface area contributed by atoms with Crippen LogP contribution in [-0.2, 0) is 6.54 Å². The highest BCUT2D eigenvalue weighted by Gasteiger charge is 2.13. The maximum atomic E-state index is 6.42. The summed E-state index contributed by atoms with van der Waals surface area (Å²) in [7, 11) is 0. The second kappa shape index (κ2) is 5.55. The summed E-state index contributed by atoms with van der Waals surface area (Å²) in [5.74, 6) is 0. The Balaban J connectivity index is 2.43. The minimum atomic E-state index is -0.0919. The van der Waals surface area contributed by atoms with E-state index in [1.165, 1.54) is 22.3 Å². The van der Waals surface area contributed by atoms with Crippen molar-refractivity contribution >= 4 is 0 Å². The molecule has 1 atom stereocenters. The highest BCUT2D eigenvalue weighted by Crippen LogP contribution is 2.25. The zero-order valence-electron chi connectivity index (χ0n) is 11.9. The maximum Gasteiger partial charge on any atom is 0.0554 e. The molecule has 2 aromatic rings. The van der Waals surface area contributed by atoms with E-state index in [0.29, 0.717) is 6.54 Å². The Morgan fingerprint density at radius 3 is 2.32 bits per heavy atom. The molecule has 100 valence electrons. The van der Waals surface area contributed by atoms with E-state index in [9.17, 15) is 0 Å². The van der Waals surface area contributed by atoms with Gasteiger partial charge in [0.2, 0.25) is 0 Å². The van der Waals surface area contributed by atoms with Crippen LogP contribution in [0.3, 0.4) is 0 Å². The summed E-state index contributed by atoms with van der Waals surface area (Å²) in [5, 5.41) is 0. The fourth-order valence-electron chi connectivity index (χ4n) is 2.41. The van der Waals surface area contributed by atoms with Crippen LogP contribution in [0.4, 0.5) is 0 Å². The third kappa shape index (κ3) is 2.86. The first-order chi connectivity index (χ1) is 9.02. The van der Waals surface area contributed by atoms with Gasteiger partial charge < -0.3 is 11.5 Å². The van der Waals surface area contributed by atoms with Crippen molar-refractivity contribution in [2.24, 2.45) is 11.5 Å². The Labute approximate surface area is 115 Å². The monoisotopic (exact) mass is 254 g/mol. The number of aryl methyl sites for hydroxylation is 3. The van der Waals surface area contributed by atoms with Gasteiger partial charge in [-0.1, -0.05) is 36.4 Å². The first-order valence-corrected chi connectivity index (χ1v) is 6.65. The molecule has 0 aromatic heterocycles. The summed E-state index contributed by atoms with van der Waals surface area (Å²) in [4.78, 5) is 0. The van der Waals surface area contributed by atoms with Gasteiger partial charge >= 0.3 is 0 Å². The van der Waals surface area contributed by atoms with E-state index in [-0.39, 0.29) is 6.04 Å². The van der Waals surface area contributed by atoms with Gasteiger partial charge in [0.15, 0.2) is 0 Å². The average molecular weight is 254 g/mol. The third-order valence-electron chi connectivity index (χ3n) is 3.76. The summed E-state index contributed by atoms with van der Waals surface area (Å²) >= 11 is 0. The first-order valence-electron chi connectivity index (χ1n) is 6.65. The van der Waals surface area contributed by atoms with Crippen LogP contribution in [0.25, 0.3) is 0 Å². The van der Waals surface area contributed by atoms with Gasteiger partial charge in [-0.05, 0) is 54.2 Å². The van der Waals surface area contributed by atoms with Crippen molar-refractivity contribution in [2.75, 3.05) is 0 Å². The topological polar surface area (TPSA) is 52.0 Å². The molecule has 2 nitrogen and oxygen atoms in total. The highest BCUT2D eigenvalue weighted by molar-refractivity contribution is 5.42. The van der Waals surface area contributed by atoms with Gasteiger partial charge in [0.25, 0.3) is 0 Å². The smallest absolute Gasteiger partial charge is 0.0554 e. The predicted octanol–water partition coefficient (Wildman–Crippen LogP) is 3.12. The largest absolute Gasteiger partial charge is 0.326 e. The molecule has 0 aliphatic heterocycles. The van der Waals surface area contributed by atoms with Crippen LogP contribution >= 0.6 is 0 Å². The molecule has 0 saturated heterocycles. The lowest BCUT2D eigenvalue weighted by Gasteiger charge is -2.18. The molecule has 4 N–H and O–H groups in total. The normalized spacial score (nSPS) is 12.5. The average Bonchev–Trinajstić information content (AvgIpc) is 2.42. The summed E-state index contributed by atoms with van der Waals surface area (Å²) in [6.45, 7) is 6.93. The molecule has 2 rings (SSSR count). The second-order valence-corrected chi connectivity index (χ2v) is 5.22. The van der Waals surface area contributed by atoms with E-state index in [2.05, 4.69) is 45.0 Å². The zero-order chi connectivity index (χ0) is 14.0. The number of hydrogen-bond donors (Lipinski definition) is 2. The predicted molar refractivity (Wildman–Crippen MR) is 81.0 cm³/mol. The van der Waals surface area contributed by atoms with Crippen molar-refractivity contribution in [1.29, 1.82) is 0 Å². The summed E-state index contributed by atoms with van der Waals surface area (Å²) in [6.07, 6.45) is 0. The van der Waals surface area contributed by atoms with E-state index >= 15 is 0 Å². The number of hydrogen-bond acceptors (Lipinski definition) is 2. The van der Waals surface area contributed by atoms with Crippen LogP contribution in [0.15, 0.2) is 36.4 Å². The molecule has 1 unspecified atom stereocenters. The Morgan fingerprint density at radius 2 is 1.63 bits per heavy atom. The minimum Gasteiger partial charge on any atom is -0.326 e. The van der Waals surface area contributed by atoms with E-state index in [0.717, 1.165) is 11.1 Å². The van der Waals surface area contributed by atoms with Gasteiger partial charge in [-0.3, -0.25) is 0 Å². The van der Waals surface area contributed by atoms with Crippen molar-refractivity contribution in [3.05, 3.63) is 69.8 Å². The Hall–Kier alpha value is -1.64. The molecule has 0 heterocycles. The number of nitrogens with two attached hydrogens (primary N) is 2. The number of rotatable bonds is 3.